The summed E-state index contributed by atoms with van der Waals surface area (Å²) in [5.74, 6) is -0.945. The Bertz CT molecular complexity index is 3340. The minimum atomic E-state index is -0.551. The largest absolute Gasteiger partial charge is 0.497 e. The lowest BCUT2D eigenvalue weighted by atomic mass is 9.79. The van der Waals surface area contributed by atoms with Crippen LogP contribution in [0.4, 0.5) is 22.7 Å². The number of hydrogen-bond donors (Lipinski definition) is 4. The average molecular weight is 1010 g/mol. The number of fused-ring (bicyclic) bond motifs is 2. The summed E-state index contributed by atoms with van der Waals surface area (Å²) in [6.45, 7) is 26.9. The van der Waals surface area contributed by atoms with Gasteiger partial charge in [0, 0.05) is 63.9 Å². The smallest absolute Gasteiger partial charge is 0.399 e. The summed E-state index contributed by atoms with van der Waals surface area (Å²) < 4.78 is 17.3. The molecule has 0 aliphatic carbocycles. The fourth-order valence-electron chi connectivity index (χ4n) is 7.45. The zero-order valence-corrected chi connectivity index (χ0v) is 40.8. The second kappa shape index (κ2) is 19.2. The van der Waals surface area contributed by atoms with E-state index in [1.54, 1.807) is 36.7 Å². The van der Waals surface area contributed by atoms with E-state index in [0.717, 1.165) is 59.8 Å². The maximum atomic E-state index is 11.4. The minimum Gasteiger partial charge on any atom is -0.399 e. The third kappa shape index (κ3) is 9.51. The third-order valence-corrected chi connectivity index (χ3v) is 13.6. The van der Waals surface area contributed by atoms with Gasteiger partial charge < -0.3 is 41.4 Å². The van der Waals surface area contributed by atoms with Gasteiger partial charge in [0.15, 0.2) is 11.4 Å². The van der Waals surface area contributed by atoms with Gasteiger partial charge in [0.25, 0.3) is 0 Å². The highest BCUT2D eigenvalue weighted by Gasteiger charge is 2.52. The Hall–Kier alpha value is -7.18. The van der Waals surface area contributed by atoms with Gasteiger partial charge >= 0.3 is 7.12 Å². The number of benzene rings is 4. The van der Waals surface area contributed by atoms with Crippen LogP contribution in [0, 0.1) is 27.0 Å². The summed E-state index contributed by atoms with van der Waals surface area (Å²) in [5, 5.41) is 2.69. The molecule has 0 unspecified atom stereocenters. The Morgan fingerprint density at radius 3 is 1.56 bits per heavy atom. The lowest BCUT2D eigenvalue weighted by molar-refractivity contribution is 0.00578. The molecule has 1 aliphatic rings. The molecule has 1 saturated heterocycles. The number of amides is 2. The molecule has 5 heterocycles. The Labute approximate surface area is 411 Å². The quantitative estimate of drug-likeness (QED) is 0.0931. The fourth-order valence-corrected chi connectivity index (χ4v) is 8.09. The molecule has 8 N–H and O–H groups in total. The second-order valence-electron chi connectivity index (χ2n) is 16.9. The first-order chi connectivity index (χ1) is 32.2. The summed E-state index contributed by atoms with van der Waals surface area (Å²) in [6, 6.07) is 21.8. The molecule has 0 radical (unpaired) electrons. The van der Waals surface area contributed by atoms with Crippen LogP contribution >= 0.6 is 39.1 Å². The molecule has 342 valence electrons. The van der Waals surface area contributed by atoms with Crippen molar-refractivity contribution in [2.24, 2.45) is 11.5 Å². The second-order valence-corrected chi connectivity index (χ2v) is 18.5. The van der Waals surface area contributed by atoms with Crippen molar-refractivity contribution in [3.05, 3.63) is 170 Å². The highest BCUT2D eigenvalue weighted by molar-refractivity contribution is 9.10. The first kappa shape index (κ1) is 48.7. The van der Waals surface area contributed by atoms with E-state index in [2.05, 4.69) is 35.6 Å². The SMILES string of the molecule is Nc1cncc(Br)c1Cl.[C-]#[N+]c1cc2c(-c3cncc(N)c3Cl)cn(-c3ccc(C(N)=O)cc3)c2cc1C.[C-]#[N+]c1cc2c(B3OC(C)(C)C(C)(C)O3)cn(-c3ccc(C(N)=O)cc3)c2cc1C. The first-order valence-corrected chi connectivity index (χ1v) is 22.4. The van der Waals surface area contributed by atoms with Crippen LogP contribution < -0.4 is 28.4 Å². The normalized spacial score (nSPS) is 13.5. The molecule has 8 aromatic rings. The Morgan fingerprint density at radius 2 is 1.10 bits per heavy atom. The number of carbonyl (C=O) groups excluding carboxylic acids is 2. The van der Waals surface area contributed by atoms with E-state index >= 15 is 0 Å². The van der Waals surface area contributed by atoms with Gasteiger partial charge in [-0.25, -0.2) is 9.69 Å². The number of halogens is 3. The standard InChI is InChI=1S/C23H24BN3O3.C22H16ClN5O.C5H4BrClN2/c1-14-11-20-17(12-19(14)26-6)18(24-29-22(2,3)23(4,5)30-24)13-27(20)16-9-7-15(8-10-16)21(25)28;1-12-7-20-15(8-19(12)26-2)17(16-9-27-10-18(24)21(16)23)11-28(20)14-5-3-13(4-6-14)22(25)29;6-3-1-9-2-4(8)5(3)7/h7-13H,1-5H3,(H2,25,28);3-11H,24H2,1H3,(H2,25,29);1-2H,8H2. The Balaban J connectivity index is 0.000000170. The highest BCUT2D eigenvalue weighted by atomic mass is 79.9. The molecular formula is C50H44BBrCl2N10O4. The number of nitrogens with zero attached hydrogens (tertiary/aromatic N) is 6. The Morgan fingerprint density at radius 1 is 0.662 bits per heavy atom. The van der Waals surface area contributed by atoms with Gasteiger partial charge in [0.1, 0.15) is 0 Å². The average Bonchev–Trinajstić information content (AvgIpc) is 3.93. The van der Waals surface area contributed by atoms with E-state index in [9.17, 15) is 9.59 Å². The van der Waals surface area contributed by atoms with E-state index in [1.807, 2.05) is 112 Å². The number of aryl methyl sites for hydroxylation is 2. The number of nitrogens with two attached hydrogens (primary N) is 4. The van der Waals surface area contributed by atoms with Gasteiger partial charge in [0.05, 0.1) is 73.7 Å². The maximum absolute atomic E-state index is 11.4. The molecule has 1 aliphatic heterocycles. The topological polar surface area (TPSA) is 201 Å². The summed E-state index contributed by atoms with van der Waals surface area (Å²) in [7, 11) is -0.551. The van der Waals surface area contributed by atoms with E-state index in [4.69, 9.17) is 68.6 Å². The highest BCUT2D eigenvalue weighted by Crippen LogP contribution is 2.41. The number of nitrogen functional groups attached to an aromatic ring is 2. The van der Waals surface area contributed by atoms with Crippen LogP contribution in [0.2, 0.25) is 10.0 Å². The van der Waals surface area contributed by atoms with Crippen LogP contribution in [0.25, 0.3) is 54.0 Å². The van der Waals surface area contributed by atoms with E-state index < -0.39 is 30.1 Å². The summed E-state index contributed by atoms with van der Waals surface area (Å²) in [5.41, 5.74) is 31.7. The number of anilines is 2. The first-order valence-electron chi connectivity index (χ1n) is 20.8. The van der Waals surface area contributed by atoms with E-state index in [1.165, 1.54) is 12.4 Å². The van der Waals surface area contributed by atoms with Gasteiger partial charge in [-0.3, -0.25) is 19.6 Å². The van der Waals surface area contributed by atoms with Crippen molar-refractivity contribution in [2.75, 3.05) is 11.5 Å². The molecule has 0 atom stereocenters. The maximum Gasteiger partial charge on any atom is 0.497 e. The lowest BCUT2D eigenvalue weighted by Crippen LogP contribution is -2.41. The molecule has 1 fully saturated rings. The number of hydrogen-bond acceptors (Lipinski definition) is 8. The van der Waals surface area contributed by atoms with Crippen LogP contribution in [-0.4, -0.2) is 49.2 Å². The monoisotopic (exact) mass is 1010 g/mol. The van der Waals surface area contributed by atoms with Crippen molar-refractivity contribution in [3.8, 4) is 22.5 Å². The van der Waals surface area contributed by atoms with Crippen LogP contribution in [0.5, 0.6) is 0 Å². The molecule has 2 amide bonds. The molecule has 0 bridgehead atoms. The van der Waals surface area contributed by atoms with Crippen LogP contribution in [0.3, 0.4) is 0 Å². The summed E-state index contributed by atoms with van der Waals surface area (Å²) in [4.78, 5) is 38.1. The van der Waals surface area contributed by atoms with Crippen molar-refractivity contribution < 1.29 is 18.9 Å². The van der Waals surface area contributed by atoms with Crippen LogP contribution in [-0.2, 0) is 9.31 Å². The molecule has 68 heavy (non-hydrogen) atoms. The molecule has 0 spiro atoms. The third-order valence-electron chi connectivity index (χ3n) is 11.9. The zero-order chi connectivity index (χ0) is 49.4. The molecule has 9 rings (SSSR count). The summed E-state index contributed by atoms with van der Waals surface area (Å²) in [6.07, 6.45) is 10.2. The number of primary amides is 2. The van der Waals surface area contributed by atoms with Crippen molar-refractivity contribution in [2.45, 2.75) is 52.7 Å². The van der Waals surface area contributed by atoms with Gasteiger partial charge in [-0.1, -0.05) is 23.2 Å². The molecule has 4 aromatic heterocycles. The number of carbonyl (C=O) groups is 2. The number of aromatic nitrogens is 4. The molecule has 0 saturated carbocycles. The van der Waals surface area contributed by atoms with Gasteiger partial charge in [-0.15, -0.1) is 0 Å². The van der Waals surface area contributed by atoms with Crippen LogP contribution in [0.1, 0.15) is 59.5 Å². The number of rotatable bonds is 6. The van der Waals surface area contributed by atoms with Crippen molar-refractivity contribution in [3.63, 3.8) is 0 Å². The van der Waals surface area contributed by atoms with Crippen molar-refractivity contribution in [1.29, 1.82) is 0 Å². The van der Waals surface area contributed by atoms with Crippen molar-refractivity contribution >= 4 is 108 Å². The molecule has 14 nitrogen and oxygen atoms in total. The zero-order valence-electron chi connectivity index (χ0n) is 37.7. The lowest BCUT2D eigenvalue weighted by Gasteiger charge is -2.32. The molecule has 18 heteroatoms. The van der Waals surface area contributed by atoms with Gasteiger partial charge in [-0.05, 0) is 152 Å². The molecule has 4 aromatic carbocycles. The molecular weight excluding hydrogens is 966 g/mol. The Kier molecular flexibility index (Phi) is 13.8. The van der Waals surface area contributed by atoms with Gasteiger partial charge in [0.2, 0.25) is 11.8 Å². The summed E-state index contributed by atoms with van der Waals surface area (Å²) >= 11 is 15.3. The van der Waals surface area contributed by atoms with E-state index in [-0.39, 0.29) is 0 Å². The van der Waals surface area contributed by atoms with Crippen LogP contribution in [0.15, 0.2) is 114 Å². The predicted octanol–water partition coefficient (Wildman–Crippen LogP) is 10.9. The van der Waals surface area contributed by atoms with Crippen molar-refractivity contribution in [1.82, 2.24) is 19.1 Å². The fraction of sp³-hybridized carbons (Fsp3) is 0.160. The minimum absolute atomic E-state index is 0.383. The van der Waals surface area contributed by atoms with Gasteiger partial charge in [-0.2, -0.15) is 0 Å². The van der Waals surface area contributed by atoms with E-state index in [0.29, 0.717) is 49.5 Å². The predicted molar refractivity (Wildman–Crippen MR) is 275 cm³/mol. The number of pyridine rings is 2.